The molecule has 1 rings (SSSR count). The standard InChI is InChI=1S/C12H16ClNO2S2/c13-11-4-2-10(18-11)3-5-12(16)14-6-9-17-8-1-7-15/h2-5,15H,1,6-9H2,(H,14,16)/b5-3+. The summed E-state index contributed by atoms with van der Waals surface area (Å²) in [7, 11) is 0. The SMILES string of the molecule is O=C(/C=C/c1ccc(Cl)s1)NCCSCCCO. The maximum atomic E-state index is 11.4. The summed E-state index contributed by atoms with van der Waals surface area (Å²) in [5.74, 6) is 1.70. The summed E-state index contributed by atoms with van der Waals surface area (Å²) >= 11 is 8.94. The number of rotatable bonds is 8. The first kappa shape index (κ1) is 15.6. The predicted octanol–water partition coefficient (Wildman–Crippen LogP) is 2.65. The third-order valence-electron chi connectivity index (χ3n) is 1.99. The van der Waals surface area contributed by atoms with E-state index >= 15 is 0 Å². The number of amides is 1. The van der Waals surface area contributed by atoms with Crippen molar-refractivity contribution in [3.05, 3.63) is 27.4 Å². The van der Waals surface area contributed by atoms with E-state index in [0.717, 1.165) is 27.1 Å². The maximum absolute atomic E-state index is 11.4. The first-order chi connectivity index (χ1) is 8.72. The molecule has 3 nitrogen and oxygen atoms in total. The first-order valence-electron chi connectivity index (χ1n) is 5.62. The van der Waals surface area contributed by atoms with Crippen LogP contribution in [0.25, 0.3) is 6.08 Å². The van der Waals surface area contributed by atoms with Gasteiger partial charge in [0.2, 0.25) is 5.91 Å². The van der Waals surface area contributed by atoms with Gasteiger partial charge in [-0.25, -0.2) is 0 Å². The summed E-state index contributed by atoms with van der Waals surface area (Å²) in [4.78, 5) is 12.4. The van der Waals surface area contributed by atoms with Crippen LogP contribution in [0.15, 0.2) is 18.2 Å². The second kappa shape index (κ2) is 9.44. The zero-order valence-electron chi connectivity index (χ0n) is 9.89. The Hall–Kier alpha value is -0.490. The van der Waals surface area contributed by atoms with E-state index in [2.05, 4.69) is 5.32 Å². The van der Waals surface area contributed by atoms with Crippen LogP contribution in [-0.2, 0) is 4.79 Å². The molecule has 6 heteroatoms. The smallest absolute Gasteiger partial charge is 0.244 e. The number of thioether (sulfide) groups is 1. The monoisotopic (exact) mass is 305 g/mol. The van der Waals surface area contributed by atoms with Gasteiger partial charge in [-0.05, 0) is 30.4 Å². The summed E-state index contributed by atoms with van der Waals surface area (Å²) in [6, 6.07) is 3.68. The summed E-state index contributed by atoms with van der Waals surface area (Å²) in [6.07, 6.45) is 4.07. The van der Waals surface area contributed by atoms with Crippen molar-refractivity contribution in [3.63, 3.8) is 0 Å². The highest BCUT2D eigenvalue weighted by molar-refractivity contribution is 7.99. The summed E-state index contributed by atoms with van der Waals surface area (Å²) in [5, 5.41) is 11.4. The number of hydrogen-bond donors (Lipinski definition) is 2. The maximum Gasteiger partial charge on any atom is 0.244 e. The van der Waals surface area contributed by atoms with Crippen LogP contribution in [0.3, 0.4) is 0 Å². The number of hydrogen-bond acceptors (Lipinski definition) is 4. The fourth-order valence-electron chi connectivity index (χ4n) is 1.15. The molecule has 0 bridgehead atoms. The number of carbonyl (C=O) groups is 1. The molecule has 0 aliphatic rings. The number of halogens is 1. The fraction of sp³-hybridized carbons (Fsp3) is 0.417. The van der Waals surface area contributed by atoms with Crippen molar-refractivity contribution in [2.75, 3.05) is 24.7 Å². The van der Waals surface area contributed by atoms with E-state index in [1.54, 1.807) is 17.8 Å². The van der Waals surface area contributed by atoms with Gasteiger partial charge in [-0.1, -0.05) is 11.6 Å². The van der Waals surface area contributed by atoms with Crippen LogP contribution in [0.1, 0.15) is 11.3 Å². The van der Waals surface area contributed by atoms with Crippen molar-refractivity contribution >= 4 is 46.7 Å². The molecule has 1 aromatic rings. The van der Waals surface area contributed by atoms with Crippen LogP contribution in [0, 0.1) is 0 Å². The van der Waals surface area contributed by atoms with E-state index < -0.39 is 0 Å². The van der Waals surface area contributed by atoms with E-state index in [-0.39, 0.29) is 12.5 Å². The lowest BCUT2D eigenvalue weighted by molar-refractivity contribution is -0.116. The summed E-state index contributed by atoms with van der Waals surface area (Å²) < 4.78 is 0.718. The zero-order chi connectivity index (χ0) is 13.2. The number of thiophene rings is 1. The molecule has 0 saturated heterocycles. The van der Waals surface area contributed by atoms with Gasteiger partial charge in [0.15, 0.2) is 0 Å². The molecule has 1 amide bonds. The van der Waals surface area contributed by atoms with Gasteiger partial charge in [-0.15, -0.1) is 11.3 Å². The van der Waals surface area contributed by atoms with E-state index in [4.69, 9.17) is 16.7 Å². The van der Waals surface area contributed by atoms with Crippen molar-refractivity contribution in [1.29, 1.82) is 0 Å². The Balaban J connectivity index is 2.12. The largest absolute Gasteiger partial charge is 0.396 e. The Morgan fingerprint density at radius 2 is 2.33 bits per heavy atom. The normalized spacial score (nSPS) is 11.0. The first-order valence-corrected chi connectivity index (χ1v) is 7.97. The highest BCUT2D eigenvalue weighted by atomic mass is 35.5. The lowest BCUT2D eigenvalue weighted by Crippen LogP contribution is -2.23. The van der Waals surface area contributed by atoms with Crippen molar-refractivity contribution in [2.24, 2.45) is 0 Å². The molecule has 1 heterocycles. The van der Waals surface area contributed by atoms with Crippen LogP contribution in [0.5, 0.6) is 0 Å². The van der Waals surface area contributed by atoms with E-state index in [1.807, 2.05) is 12.1 Å². The van der Waals surface area contributed by atoms with Crippen LogP contribution < -0.4 is 5.32 Å². The molecule has 0 aromatic carbocycles. The van der Waals surface area contributed by atoms with Gasteiger partial charge >= 0.3 is 0 Å². The third kappa shape index (κ3) is 7.06. The van der Waals surface area contributed by atoms with Crippen LogP contribution in [0.2, 0.25) is 4.34 Å². The quantitative estimate of drug-likeness (QED) is 0.573. The van der Waals surface area contributed by atoms with E-state index in [9.17, 15) is 4.79 Å². The molecular weight excluding hydrogens is 290 g/mol. The van der Waals surface area contributed by atoms with E-state index in [0.29, 0.717) is 6.54 Å². The molecular formula is C12H16ClNO2S2. The highest BCUT2D eigenvalue weighted by Gasteiger charge is 1.97. The van der Waals surface area contributed by atoms with Gasteiger partial charge in [0.25, 0.3) is 0 Å². The Bertz CT molecular complexity index is 393. The fourth-order valence-corrected chi connectivity index (χ4v) is 2.90. The van der Waals surface area contributed by atoms with Crippen LogP contribution in [-0.4, -0.2) is 35.7 Å². The van der Waals surface area contributed by atoms with Gasteiger partial charge in [-0.2, -0.15) is 11.8 Å². The number of aliphatic hydroxyl groups excluding tert-OH is 1. The second-order valence-corrected chi connectivity index (χ2v) is 6.43. The molecule has 18 heavy (non-hydrogen) atoms. The van der Waals surface area contributed by atoms with Gasteiger partial charge in [0, 0.05) is 29.9 Å². The Morgan fingerprint density at radius 3 is 3.00 bits per heavy atom. The zero-order valence-corrected chi connectivity index (χ0v) is 12.3. The Labute approximate surface area is 120 Å². The average Bonchev–Trinajstić information content (AvgIpc) is 2.77. The lowest BCUT2D eigenvalue weighted by Gasteiger charge is -2.01. The number of nitrogens with one attached hydrogen (secondary N) is 1. The molecule has 2 N–H and O–H groups in total. The molecule has 0 aliphatic heterocycles. The number of carbonyl (C=O) groups excluding carboxylic acids is 1. The minimum absolute atomic E-state index is 0.0951. The Kier molecular flexibility index (Phi) is 8.17. The molecule has 100 valence electrons. The van der Waals surface area contributed by atoms with Crippen molar-refractivity contribution in [3.8, 4) is 0 Å². The van der Waals surface area contributed by atoms with Gasteiger partial charge in [0.1, 0.15) is 0 Å². The van der Waals surface area contributed by atoms with Crippen LogP contribution in [0.4, 0.5) is 0 Å². The van der Waals surface area contributed by atoms with Crippen LogP contribution >= 0.6 is 34.7 Å². The minimum Gasteiger partial charge on any atom is -0.396 e. The molecule has 1 aromatic heterocycles. The minimum atomic E-state index is -0.0951. The van der Waals surface area contributed by atoms with Gasteiger partial charge in [0.05, 0.1) is 4.34 Å². The molecule has 0 saturated carbocycles. The van der Waals surface area contributed by atoms with Gasteiger partial charge < -0.3 is 10.4 Å². The second-order valence-electron chi connectivity index (χ2n) is 3.46. The van der Waals surface area contributed by atoms with Crippen molar-refractivity contribution < 1.29 is 9.90 Å². The highest BCUT2D eigenvalue weighted by Crippen LogP contribution is 2.22. The number of aliphatic hydroxyl groups is 1. The molecule has 0 fully saturated rings. The molecule has 0 atom stereocenters. The molecule has 0 radical (unpaired) electrons. The lowest BCUT2D eigenvalue weighted by atomic mass is 10.4. The topological polar surface area (TPSA) is 49.3 Å². The average molecular weight is 306 g/mol. The summed E-state index contributed by atoms with van der Waals surface area (Å²) in [5.41, 5.74) is 0. The molecule has 0 unspecified atom stereocenters. The molecule has 0 aliphatic carbocycles. The predicted molar refractivity (Wildman–Crippen MR) is 80.4 cm³/mol. The van der Waals surface area contributed by atoms with Gasteiger partial charge in [-0.3, -0.25) is 4.79 Å². The Morgan fingerprint density at radius 1 is 1.50 bits per heavy atom. The van der Waals surface area contributed by atoms with E-state index in [1.165, 1.54) is 17.4 Å². The van der Waals surface area contributed by atoms with Crippen molar-refractivity contribution in [2.45, 2.75) is 6.42 Å². The van der Waals surface area contributed by atoms with Crippen molar-refractivity contribution in [1.82, 2.24) is 5.32 Å². The summed E-state index contributed by atoms with van der Waals surface area (Å²) in [6.45, 7) is 0.871. The molecule has 0 spiro atoms. The third-order valence-corrected chi connectivity index (χ3v) is 4.25.